The van der Waals surface area contributed by atoms with E-state index in [2.05, 4.69) is 0 Å². The van der Waals surface area contributed by atoms with Crippen molar-refractivity contribution in [3.05, 3.63) is 57.6 Å². The maximum atomic E-state index is 5.99. The Hall–Kier alpha value is -1.42. The summed E-state index contributed by atoms with van der Waals surface area (Å²) in [4.78, 5) is 0. The smallest absolute Gasteiger partial charge is 0.233 e. The summed E-state index contributed by atoms with van der Waals surface area (Å²) in [5.41, 5.74) is 1.59. The van der Waals surface area contributed by atoms with Crippen molar-refractivity contribution in [2.75, 3.05) is 0 Å². The molecule has 19 heavy (non-hydrogen) atoms. The fourth-order valence-electron chi connectivity index (χ4n) is 2.29. The van der Waals surface area contributed by atoms with E-state index in [0.717, 1.165) is 22.6 Å². The van der Waals surface area contributed by atoms with Gasteiger partial charge in [0.2, 0.25) is 12.6 Å². The van der Waals surface area contributed by atoms with Gasteiger partial charge >= 0.3 is 0 Å². The second-order valence-corrected chi connectivity index (χ2v) is 5.27. The summed E-state index contributed by atoms with van der Waals surface area (Å²) >= 11 is 12.0. The lowest BCUT2D eigenvalue weighted by molar-refractivity contribution is -0.227. The molecule has 0 amide bonds. The molecule has 0 aromatic heterocycles. The molecule has 0 N–H and O–H groups in total. The Balaban J connectivity index is 1.84. The first-order valence-electron chi connectivity index (χ1n) is 5.78. The number of hydrogen-bond acceptors (Lipinski definition) is 3. The number of benzene rings is 2. The van der Waals surface area contributed by atoms with Crippen LogP contribution < -0.4 is 9.47 Å². The molecule has 0 saturated heterocycles. The van der Waals surface area contributed by atoms with Crippen molar-refractivity contribution in [2.45, 2.75) is 12.6 Å². The summed E-state index contributed by atoms with van der Waals surface area (Å²) in [7, 11) is 0. The van der Waals surface area contributed by atoms with Gasteiger partial charge in [-0.1, -0.05) is 23.2 Å². The number of ether oxygens (including phenoxy) is 3. The van der Waals surface area contributed by atoms with Gasteiger partial charge in [0.05, 0.1) is 11.1 Å². The number of hydrogen-bond donors (Lipinski definition) is 0. The van der Waals surface area contributed by atoms with Crippen LogP contribution in [0.15, 0.2) is 36.4 Å². The molecule has 0 unspecified atom stereocenters. The Morgan fingerprint density at radius 1 is 0.737 bits per heavy atom. The zero-order valence-electron chi connectivity index (χ0n) is 9.60. The van der Waals surface area contributed by atoms with Crippen molar-refractivity contribution in [1.82, 2.24) is 0 Å². The molecule has 2 atom stereocenters. The number of rotatable bonds is 0. The van der Waals surface area contributed by atoms with E-state index in [4.69, 9.17) is 37.4 Å². The summed E-state index contributed by atoms with van der Waals surface area (Å²) < 4.78 is 17.4. The van der Waals surface area contributed by atoms with Gasteiger partial charge in [0.15, 0.2) is 0 Å². The van der Waals surface area contributed by atoms with Crippen molar-refractivity contribution in [3.8, 4) is 11.5 Å². The average molecular weight is 295 g/mol. The highest BCUT2D eigenvalue weighted by Gasteiger charge is 2.37. The quantitative estimate of drug-likeness (QED) is 0.716. The maximum absolute atomic E-state index is 5.99. The highest BCUT2D eigenvalue weighted by Crippen LogP contribution is 2.48. The minimum atomic E-state index is -0.499. The zero-order chi connectivity index (χ0) is 13.0. The molecule has 0 radical (unpaired) electrons. The largest absolute Gasteiger partial charge is 0.460 e. The van der Waals surface area contributed by atoms with E-state index in [9.17, 15) is 0 Å². The van der Waals surface area contributed by atoms with Gasteiger partial charge in [-0.15, -0.1) is 0 Å². The van der Waals surface area contributed by atoms with Crippen LogP contribution in [0.25, 0.3) is 0 Å². The van der Waals surface area contributed by atoms with E-state index in [1.165, 1.54) is 0 Å². The first-order chi connectivity index (χ1) is 9.20. The third kappa shape index (κ3) is 1.77. The van der Waals surface area contributed by atoms with Gasteiger partial charge in [-0.25, -0.2) is 0 Å². The second kappa shape index (κ2) is 4.04. The molecule has 2 aromatic rings. The second-order valence-electron chi connectivity index (χ2n) is 4.40. The van der Waals surface area contributed by atoms with E-state index in [-0.39, 0.29) is 0 Å². The van der Waals surface area contributed by atoms with Crippen molar-refractivity contribution in [2.24, 2.45) is 0 Å². The average Bonchev–Trinajstić information content (AvgIpc) is 2.41. The van der Waals surface area contributed by atoms with Crippen LogP contribution in [-0.2, 0) is 4.74 Å². The molecule has 0 fully saturated rings. The minimum Gasteiger partial charge on any atom is -0.460 e. The molecule has 2 bridgehead atoms. The van der Waals surface area contributed by atoms with Crippen LogP contribution in [0.3, 0.4) is 0 Å². The van der Waals surface area contributed by atoms with Crippen molar-refractivity contribution in [1.29, 1.82) is 0 Å². The number of halogens is 2. The van der Waals surface area contributed by atoms with E-state index < -0.39 is 12.6 Å². The topological polar surface area (TPSA) is 27.7 Å². The lowest BCUT2D eigenvalue weighted by Crippen LogP contribution is -2.30. The Morgan fingerprint density at radius 2 is 1.21 bits per heavy atom. The van der Waals surface area contributed by atoms with Gasteiger partial charge < -0.3 is 9.47 Å². The van der Waals surface area contributed by atoms with E-state index >= 15 is 0 Å². The highest BCUT2D eigenvalue weighted by atomic mass is 35.5. The fraction of sp³-hybridized carbons (Fsp3) is 0.143. The molecule has 2 heterocycles. The van der Waals surface area contributed by atoms with Crippen LogP contribution in [-0.4, -0.2) is 0 Å². The third-order valence-electron chi connectivity index (χ3n) is 3.17. The van der Waals surface area contributed by atoms with Crippen LogP contribution in [0.2, 0.25) is 10.0 Å². The lowest BCUT2D eigenvalue weighted by Gasteiger charge is -2.37. The predicted octanol–water partition coefficient (Wildman–Crippen LogP) is 4.49. The Morgan fingerprint density at radius 3 is 1.68 bits per heavy atom. The monoisotopic (exact) mass is 294 g/mol. The summed E-state index contributed by atoms with van der Waals surface area (Å²) in [6.07, 6.45) is -0.998. The summed E-state index contributed by atoms with van der Waals surface area (Å²) in [5.74, 6) is 1.44. The first kappa shape index (κ1) is 11.4. The first-order valence-corrected chi connectivity index (χ1v) is 6.54. The SMILES string of the molecule is Clc1ccc2c(c1)[C@@H]1Oc3ccc(Cl)cc3[C@@H](O2)O1. The molecule has 2 aliphatic rings. The van der Waals surface area contributed by atoms with Crippen molar-refractivity contribution < 1.29 is 14.2 Å². The van der Waals surface area contributed by atoms with E-state index in [1.807, 2.05) is 12.1 Å². The molecule has 96 valence electrons. The van der Waals surface area contributed by atoms with Crippen molar-refractivity contribution >= 4 is 23.2 Å². The van der Waals surface area contributed by atoms with Crippen LogP contribution in [0, 0.1) is 0 Å². The summed E-state index contributed by atoms with van der Waals surface area (Å²) in [6.45, 7) is 0. The van der Waals surface area contributed by atoms with Crippen molar-refractivity contribution in [3.63, 3.8) is 0 Å². The van der Waals surface area contributed by atoms with Crippen LogP contribution in [0.4, 0.5) is 0 Å². The van der Waals surface area contributed by atoms with Gasteiger partial charge in [-0.3, -0.25) is 4.74 Å². The molecule has 0 aliphatic carbocycles. The van der Waals surface area contributed by atoms with E-state index in [1.54, 1.807) is 24.3 Å². The van der Waals surface area contributed by atoms with Gasteiger partial charge in [0.25, 0.3) is 0 Å². The molecule has 5 heteroatoms. The Kier molecular flexibility index (Phi) is 2.42. The Labute approximate surface area is 119 Å². The zero-order valence-corrected chi connectivity index (χ0v) is 11.1. The van der Waals surface area contributed by atoms with Gasteiger partial charge in [-0.05, 0) is 36.4 Å². The van der Waals surface area contributed by atoms with E-state index in [0.29, 0.717) is 10.0 Å². The molecule has 3 nitrogen and oxygen atoms in total. The standard InChI is InChI=1S/C14H8Cl2O3/c15-7-1-3-11-9(5-7)13-18-12-4-2-8(16)6-10(12)14(17-11)19-13/h1-6,13-14H/t13-,14+. The van der Waals surface area contributed by atoms with Crippen LogP contribution in [0.5, 0.6) is 11.5 Å². The molecule has 0 saturated carbocycles. The molecule has 0 spiro atoms. The van der Waals surface area contributed by atoms with Gasteiger partial charge in [-0.2, -0.15) is 0 Å². The number of fused-ring (bicyclic) bond motifs is 6. The fourth-order valence-corrected chi connectivity index (χ4v) is 2.65. The molecule has 2 aromatic carbocycles. The lowest BCUT2D eigenvalue weighted by atomic mass is 10.1. The molecular weight excluding hydrogens is 287 g/mol. The van der Waals surface area contributed by atoms with Crippen LogP contribution in [0.1, 0.15) is 23.7 Å². The Bertz CT molecular complexity index is 614. The minimum absolute atomic E-state index is 0.499. The molecule has 2 aliphatic heterocycles. The van der Waals surface area contributed by atoms with Gasteiger partial charge in [0.1, 0.15) is 11.5 Å². The summed E-state index contributed by atoms with van der Waals surface area (Å²) in [6, 6.07) is 10.8. The maximum Gasteiger partial charge on any atom is 0.233 e. The molecule has 4 rings (SSSR count). The normalized spacial score (nSPS) is 22.8. The summed E-state index contributed by atoms with van der Waals surface area (Å²) in [5, 5.41) is 1.24. The third-order valence-corrected chi connectivity index (χ3v) is 3.64. The molecular formula is C14H8Cl2O3. The van der Waals surface area contributed by atoms with Gasteiger partial charge in [0, 0.05) is 10.0 Å². The van der Waals surface area contributed by atoms with Crippen LogP contribution >= 0.6 is 23.2 Å². The predicted molar refractivity (Wildman–Crippen MR) is 70.7 cm³/mol. The highest BCUT2D eigenvalue weighted by molar-refractivity contribution is 6.31.